The predicted molar refractivity (Wildman–Crippen MR) is 106 cm³/mol. The monoisotopic (exact) mass is 388 g/mol. The molecule has 0 saturated heterocycles. The lowest BCUT2D eigenvalue weighted by molar-refractivity contribution is 0.0318. The molecule has 1 aromatic carbocycles. The standard InChI is InChI=1S/C19H24N4O3S/c1-23(2)19-22-15(12-27-19)11-20-18(25)21-14-9-7-13(8-10-14)17(24)26-16-5-3-4-6-16/h7-10,12,16H,3-6,11H2,1-2H3,(H2,20,21,25). The van der Waals surface area contributed by atoms with Crippen LogP contribution in [-0.2, 0) is 11.3 Å². The minimum Gasteiger partial charge on any atom is -0.459 e. The highest BCUT2D eigenvalue weighted by Gasteiger charge is 2.20. The molecule has 7 nitrogen and oxygen atoms in total. The van der Waals surface area contributed by atoms with E-state index < -0.39 is 0 Å². The first kappa shape index (κ1) is 19.2. The predicted octanol–water partition coefficient (Wildman–Crippen LogP) is 3.63. The van der Waals surface area contributed by atoms with Crippen molar-refractivity contribution in [2.45, 2.75) is 38.3 Å². The van der Waals surface area contributed by atoms with Gasteiger partial charge in [-0.05, 0) is 49.9 Å². The van der Waals surface area contributed by atoms with Crippen LogP contribution in [0.4, 0.5) is 15.6 Å². The van der Waals surface area contributed by atoms with Crippen LogP contribution in [0.1, 0.15) is 41.7 Å². The normalized spacial score (nSPS) is 14.0. The maximum absolute atomic E-state index is 12.1. The maximum Gasteiger partial charge on any atom is 0.338 e. The molecule has 2 amide bonds. The number of esters is 1. The lowest BCUT2D eigenvalue weighted by Gasteiger charge is -2.11. The Kier molecular flexibility index (Phi) is 6.28. The number of carbonyl (C=O) groups is 2. The van der Waals surface area contributed by atoms with Crippen molar-refractivity contribution in [2.75, 3.05) is 24.3 Å². The van der Waals surface area contributed by atoms with Gasteiger partial charge < -0.3 is 20.3 Å². The van der Waals surface area contributed by atoms with E-state index in [0.717, 1.165) is 36.5 Å². The van der Waals surface area contributed by atoms with Crippen molar-refractivity contribution >= 4 is 34.2 Å². The number of aromatic nitrogens is 1. The molecule has 3 rings (SSSR count). The zero-order valence-electron chi connectivity index (χ0n) is 15.5. The molecule has 1 aromatic heterocycles. The van der Waals surface area contributed by atoms with E-state index in [1.54, 1.807) is 24.3 Å². The van der Waals surface area contributed by atoms with Crippen molar-refractivity contribution in [3.63, 3.8) is 0 Å². The Balaban J connectivity index is 1.46. The van der Waals surface area contributed by atoms with Gasteiger partial charge in [-0.2, -0.15) is 0 Å². The first-order chi connectivity index (χ1) is 13.0. The molecule has 0 aliphatic heterocycles. The molecule has 0 spiro atoms. The third-order valence-electron chi connectivity index (χ3n) is 4.31. The molecule has 1 heterocycles. The van der Waals surface area contributed by atoms with Crippen molar-refractivity contribution in [3.8, 4) is 0 Å². The van der Waals surface area contributed by atoms with Gasteiger partial charge in [-0.1, -0.05) is 0 Å². The largest absolute Gasteiger partial charge is 0.459 e. The number of nitrogens with one attached hydrogen (secondary N) is 2. The number of anilines is 2. The highest BCUT2D eigenvalue weighted by atomic mass is 32.1. The fraction of sp³-hybridized carbons (Fsp3) is 0.421. The smallest absolute Gasteiger partial charge is 0.338 e. The van der Waals surface area contributed by atoms with Gasteiger partial charge in [0.2, 0.25) is 0 Å². The Morgan fingerprint density at radius 2 is 1.93 bits per heavy atom. The molecule has 0 radical (unpaired) electrons. The van der Waals surface area contributed by atoms with Crippen molar-refractivity contribution in [1.82, 2.24) is 10.3 Å². The van der Waals surface area contributed by atoms with E-state index in [4.69, 9.17) is 4.74 Å². The van der Waals surface area contributed by atoms with Crippen LogP contribution < -0.4 is 15.5 Å². The summed E-state index contributed by atoms with van der Waals surface area (Å²) >= 11 is 1.53. The third-order valence-corrected chi connectivity index (χ3v) is 5.36. The second-order valence-corrected chi connectivity index (χ2v) is 7.55. The molecule has 2 aromatic rings. The Hall–Kier alpha value is -2.61. The van der Waals surface area contributed by atoms with E-state index in [0.29, 0.717) is 17.8 Å². The molecule has 1 aliphatic carbocycles. The van der Waals surface area contributed by atoms with Gasteiger partial charge in [0.1, 0.15) is 6.10 Å². The summed E-state index contributed by atoms with van der Waals surface area (Å²) in [5.74, 6) is -0.307. The van der Waals surface area contributed by atoms with E-state index >= 15 is 0 Å². The number of nitrogens with zero attached hydrogens (tertiary/aromatic N) is 2. The summed E-state index contributed by atoms with van der Waals surface area (Å²) in [5.41, 5.74) is 1.91. The number of amides is 2. The van der Waals surface area contributed by atoms with Crippen LogP contribution in [0.2, 0.25) is 0 Å². The van der Waals surface area contributed by atoms with Crippen molar-refractivity contribution < 1.29 is 14.3 Å². The first-order valence-corrected chi connectivity index (χ1v) is 9.87. The summed E-state index contributed by atoms with van der Waals surface area (Å²) in [6.45, 7) is 0.349. The van der Waals surface area contributed by atoms with Gasteiger partial charge in [-0.25, -0.2) is 14.6 Å². The molecule has 1 fully saturated rings. The summed E-state index contributed by atoms with van der Waals surface area (Å²) in [6, 6.07) is 6.39. The second-order valence-electron chi connectivity index (χ2n) is 6.71. The van der Waals surface area contributed by atoms with Gasteiger partial charge in [-0.15, -0.1) is 11.3 Å². The van der Waals surface area contributed by atoms with Crippen LogP contribution in [0, 0.1) is 0 Å². The molecule has 2 N–H and O–H groups in total. The summed E-state index contributed by atoms with van der Waals surface area (Å²) in [5, 5.41) is 8.33. The Labute approximate surface area is 162 Å². The average molecular weight is 388 g/mol. The molecule has 1 aliphatic rings. The minimum atomic E-state index is -0.323. The van der Waals surface area contributed by atoms with Crippen LogP contribution in [-0.4, -0.2) is 37.2 Å². The highest BCUT2D eigenvalue weighted by Crippen LogP contribution is 2.22. The molecule has 8 heteroatoms. The SMILES string of the molecule is CN(C)c1nc(CNC(=O)Nc2ccc(C(=O)OC3CCCC3)cc2)cs1. The Morgan fingerprint density at radius 3 is 2.56 bits per heavy atom. The van der Waals surface area contributed by atoms with E-state index in [1.807, 2.05) is 24.4 Å². The Morgan fingerprint density at radius 1 is 1.22 bits per heavy atom. The molecule has 0 bridgehead atoms. The molecular formula is C19H24N4O3S. The van der Waals surface area contributed by atoms with E-state index in [2.05, 4.69) is 15.6 Å². The number of hydrogen-bond donors (Lipinski definition) is 2. The summed E-state index contributed by atoms with van der Waals surface area (Å²) in [4.78, 5) is 30.5. The average Bonchev–Trinajstić information content (AvgIpc) is 3.32. The molecule has 0 atom stereocenters. The maximum atomic E-state index is 12.1. The van der Waals surface area contributed by atoms with Crippen molar-refractivity contribution in [2.24, 2.45) is 0 Å². The number of carbonyl (C=O) groups excluding carboxylic acids is 2. The molecular weight excluding hydrogens is 364 g/mol. The molecule has 27 heavy (non-hydrogen) atoms. The van der Waals surface area contributed by atoms with Crippen LogP contribution in [0.15, 0.2) is 29.6 Å². The fourth-order valence-electron chi connectivity index (χ4n) is 2.84. The summed E-state index contributed by atoms with van der Waals surface area (Å²) in [6.07, 6.45) is 4.17. The van der Waals surface area contributed by atoms with Gasteiger partial charge in [0, 0.05) is 25.2 Å². The van der Waals surface area contributed by atoms with E-state index in [1.165, 1.54) is 11.3 Å². The number of ether oxygens (including phenoxy) is 1. The number of hydrogen-bond acceptors (Lipinski definition) is 6. The number of benzene rings is 1. The molecule has 144 valence electrons. The minimum absolute atomic E-state index is 0.0415. The van der Waals surface area contributed by atoms with Crippen LogP contribution in [0.3, 0.4) is 0 Å². The third kappa shape index (κ3) is 5.43. The van der Waals surface area contributed by atoms with Gasteiger partial charge in [0.15, 0.2) is 5.13 Å². The quantitative estimate of drug-likeness (QED) is 0.739. The zero-order valence-corrected chi connectivity index (χ0v) is 16.3. The number of rotatable bonds is 6. The lowest BCUT2D eigenvalue weighted by Crippen LogP contribution is -2.28. The fourth-order valence-corrected chi connectivity index (χ4v) is 3.60. The van der Waals surface area contributed by atoms with Gasteiger partial charge in [0.05, 0.1) is 17.8 Å². The number of urea groups is 1. The van der Waals surface area contributed by atoms with Crippen molar-refractivity contribution in [1.29, 1.82) is 0 Å². The highest BCUT2D eigenvalue weighted by molar-refractivity contribution is 7.13. The van der Waals surface area contributed by atoms with E-state index in [-0.39, 0.29) is 18.1 Å². The van der Waals surface area contributed by atoms with Crippen LogP contribution in [0.25, 0.3) is 0 Å². The van der Waals surface area contributed by atoms with Crippen LogP contribution >= 0.6 is 11.3 Å². The van der Waals surface area contributed by atoms with Crippen LogP contribution in [0.5, 0.6) is 0 Å². The van der Waals surface area contributed by atoms with E-state index in [9.17, 15) is 9.59 Å². The summed E-state index contributed by atoms with van der Waals surface area (Å²) in [7, 11) is 3.85. The van der Waals surface area contributed by atoms with Crippen molar-refractivity contribution in [3.05, 3.63) is 40.9 Å². The summed E-state index contributed by atoms with van der Waals surface area (Å²) < 4.78 is 5.48. The second kappa shape index (κ2) is 8.85. The number of thiazole rings is 1. The van der Waals surface area contributed by atoms with Gasteiger partial charge in [-0.3, -0.25) is 0 Å². The topological polar surface area (TPSA) is 83.6 Å². The van der Waals surface area contributed by atoms with Gasteiger partial charge in [0.25, 0.3) is 0 Å². The van der Waals surface area contributed by atoms with Gasteiger partial charge >= 0.3 is 12.0 Å². The zero-order chi connectivity index (χ0) is 19.2. The molecule has 0 unspecified atom stereocenters. The lowest BCUT2D eigenvalue weighted by atomic mass is 10.2. The Bertz CT molecular complexity index is 783. The molecule has 1 saturated carbocycles. The first-order valence-electron chi connectivity index (χ1n) is 8.99.